The van der Waals surface area contributed by atoms with Crippen molar-refractivity contribution in [2.24, 2.45) is 17.6 Å². The van der Waals surface area contributed by atoms with Crippen molar-refractivity contribution < 1.29 is 24.3 Å². The molecule has 0 aliphatic carbocycles. The van der Waals surface area contributed by atoms with Crippen LogP contribution in [0.3, 0.4) is 0 Å². The third-order valence-electron chi connectivity index (χ3n) is 4.19. The summed E-state index contributed by atoms with van der Waals surface area (Å²) in [4.78, 5) is 47.7. The monoisotopic (exact) mass is 372 g/mol. The van der Waals surface area contributed by atoms with Crippen molar-refractivity contribution in [1.29, 1.82) is 0 Å². The highest BCUT2D eigenvalue weighted by molar-refractivity contribution is 5.94. The maximum absolute atomic E-state index is 12.5. The van der Waals surface area contributed by atoms with Crippen LogP contribution < -0.4 is 21.7 Å². The molecule has 0 fully saturated rings. The minimum Gasteiger partial charge on any atom is -0.480 e. The molecule has 0 bridgehead atoms. The number of carboxylic acids is 1. The molecule has 150 valence electrons. The minimum absolute atomic E-state index is 0.171. The molecule has 0 aromatic rings. The highest BCUT2D eigenvalue weighted by atomic mass is 16.4. The van der Waals surface area contributed by atoms with Crippen LogP contribution in [0.5, 0.6) is 0 Å². The first kappa shape index (κ1) is 23.8. The van der Waals surface area contributed by atoms with Crippen molar-refractivity contribution in [1.82, 2.24) is 16.0 Å². The number of hydrogen-bond donors (Lipinski definition) is 5. The van der Waals surface area contributed by atoms with Crippen molar-refractivity contribution in [2.75, 3.05) is 0 Å². The van der Waals surface area contributed by atoms with Crippen molar-refractivity contribution in [3.63, 3.8) is 0 Å². The maximum Gasteiger partial charge on any atom is 0.326 e. The van der Waals surface area contributed by atoms with Gasteiger partial charge in [0.15, 0.2) is 0 Å². The Hall–Kier alpha value is -2.16. The van der Waals surface area contributed by atoms with Crippen LogP contribution in [-0.2, 0) is 19.2 Å². The summed E-state index contributed by atoms with van der Waals surface area (Å²) in [5.74, 6) is -3.22. The molecule has 3 amide bonds. The van der Waals surface area contributed by atoms with E-state index in [0.717, 1.165) is 0 Å². The van der Waals surface area contributed by atoms with E-state index in [1.54, 1.807) is 20.8 Å². The molecule has 0 saturated carbocycles. The first-order valence-electron chi connectivity index (χ1n) is 8.81. The average Bonchev–Trinajstić information content (AvgIpc) is 2.55. The molecule has 9 nitrogen and oxygen atoms in total. The Morgan fingerprint density at radius 1 is 0.846 bits per heavy atom. The van der Waals surface area contributed by atoms with E-state index >= 15 is 0 Å². The largest absolute Gasteiger partial charge is 0.480 e. The summed E-state index contributed by atoms with van der Waals surface area (Å²) in [6.07, 6.45) is 0.631. The van der Waals surface area contributed by atoms with Gasteiger partial charge in [-0.3, -0.25) is 14.4 Å². The zero-order valence-corrected chi connectivity index (χ0v) is 16.3. The molecule has 0 aromatic heterocycles. The van der Waals surface area contributed by atoms with Gasteiger partial charge < -0.3 is 26.8 Å². The molecule has 0 aliphatic heterocycles. The topological polar surface area (TPSA) is 151 Å². The third kappa shape index (κ3) is 7.38. The van der Waals surface area contributed by atoms with Gasteiger partial charge in [-0.1, -0.05) is 34.1 Å². The third-order valence-corrected chi connectivity index (χ3v) is 4.19. The Balaban J connectivity index is 5.02. The lowest BCUT2D eigenvalue weighted by Crippen LogP contribution is -2.58. The van der Waals surface area contributed by atoms with Gasteiger partial charge in [-0.05, 0) is 25.7 Å². The number of carbonyl (C=O) groups excluding carboxylic acids is 3. The summed E-state index contributed by atoms with van der Waals surface area (Å²) in [5.41, 5.74) is 5.52. The number of carbonyl (C=O) groups is 4. The van der Waals surface area contributed by atoms with Crippen molar-refractivity contribution in [3.8, 4) is 0 Å². The van der Waals surface area contributed by atoms with Crippen LogP contribution >= 0.6 is 0 Å². The first-order chi connectivity index (χ1) is 11.9. The quantitative estimate of drug-likeness (QED) is 0.352. The Morgan fingerprint density at radius 3 is 1.73 bits per heavy atom. The van der Waals surface area contributed by atoms with Gasteiger partial charge in [-0.15, -0.1) is 0 Å². The second-order valence-corrected chi connectivity index (χ2v) is 6.96. The van der Waals surface area contributed by atoms with Crippen LogP contribution in [0, 0.1) is 11.8 Å². The second kappa shape index (κ2) is 10.7. The van der Waals surface area contributed by atoms with E-state index in [2.05, 4.69) is 16.0 Å². The number of hydrogen-bond acceptors (Lipinski definition) is 5. The number of aliphatic carboxylic acids is 1. The molecular weight excluding hydrogens is 340 g/mol. The lowest BCUT2D eigenvalue weighted by molar-refractivity contribution is -0.143. The van der Waals surface area contributed by atoms with Crippen molar-refractivity contribution >= 4 is 23.7 Å². The number of nitrogens with one attached hydrogen (secondary N) is 3. The molecule has 5 unspecified atom stereocenters. The predicted octanol–water partition coefficient (Wildman–Crippen LogP) is -0.405. The molecule has 9 heteroatoms. The molecule has 0 aromatic carbocycles. The Bertz CT molecular complexity index is 521. The minimum atomic E-state index is -1.14. The molecular formula is C17H32N4O5. The summed E-state index contributed by atoms with van der Waals surface area (Å²) in [6.45, 7) is 9.98. The lowest BCUT2D eigenvalue weighted by atomic mass is 9.97. The van der Waals surface area contributed by atoms with Gasteiger partial charge in [-0.2, -0.15) is 0 Å². The van der Waals surface area contributed by atoms with Crippen LogP contribution in [0.15, 0.2) is 0 Å². The fourth-order valence-electron chi connectivity index (χ4n) is 2.15. The summed E-state index contributed by atoms with van der Waals surface area (Å²) < 4.78 is 0. The standard InChI is InChI=1S/C17H32N4O5/c1-7-9(4)13(21-14(22)10(5)18)16(24)19-11(6)15(23)20-12(8(2)3)17(25)26/h8-13H,7,18H2,1-6H3,(H,19,24)(H,20,23)(H,21,22)(H,25,26). The normalized spacial score (nSPS) is 16.8. The molecule has 0 rings (SSSR count). The van der Waals surface area contributed by atoms with Gasteiger partial charge in [0.05, 0.1) is 6.04 Å². The summed E-state index contributed by atoms with van der Waals surface area (Å²) in [6, 6.07) is -3.61. The molecule has 6 N–H and O–H groups in total. The highest BCUT2D eigenvalue weighted by Gasteiger charge is 2.30. The van der Waals surface area contributed by atoms with Gasteiger partial charge in [0, 0.05) is 0 Å². The van der Waals surface area contributed by atoms with Crippen LogP contribution in [0.1, 0.15) is 48.0 Å². The number of amides is 3. The van der Waals surface area contributed by atoms with Crippen molar-refractivity contribution in [3.05, 3.63) is 0 Å². The van der Waals surface area contributed by atoms with Gasteiger partial charge in [0.1, 0.15) is 18.1 Å². The van der Waals surface area contributed by atoms with Crippen molar-refractivity contribution in [2.45, 2.75) is 72.1 Å². The highest BCUT2D eigenvalue weighted by Crippen LogP contribution is 2.09. The molecule has 0 spiro atoms. The molecule has 5 atom stereocenters. The van der Waals surface area contributed by atoms with Crippen LogP contribution in [0.2, 0.25) is 0 Å². The Morgan fingerprint density at radius 2 is 1.35 bits per heavy atom. The molecule has 0 aliphatic rings. The van der Waals surface area contributed by atoms with E-state index in [0.29, 0.717) is 6.42 Å². The van der Waals surface area contributed by atoms with E-state index in [-0.39, 0.29) is 11.8 Å². The van der Waals surface area contributed by atoms with E-state index in [1.165, 1.54) is 13.8 Å². The smallest absolute Gasteiger partial charge is 0.326 e. The number of carboxylic acid groups (broad SMARTS) is 1. The Labute approximate surface area is 154 Å². The van der Waals surface area contributed by atoms with Gasteiger partial charge in [0.25, 0.3) is 0 Å². The second-order valence-electron chi connectivity index (χ2n) is 6.96. The van der Waals surface area contributed by atoms with E-state index in [4.69, 9.17) is 10.8 Å². The molecule has 0 heterocycles. The summed E-state index contributed by atoms with van der Waals surface area (Å²) >= 11 is 0. The molecule has 0 saturated heterocycles. The summed E-state index contributed by atoms with van der Waals surface area (Å²) in [5, 5.41) is 16.7. The predicted molar refractivity (Wildman–Crippen MR) is 97.0 cm³/mol. The van der Waals surface area contributed by atoms with E-state index < -0.39 is 47.9 Å². The maximum atomic E-state index is 12.5. The summed E-state index contributed by atoms with van der Waals surface area (Å²) in [7, 11) is 0. The van der Waals surface area contributed by atoms with Crippen LogP contribution in [0.25, 0.3) is 0 Å². The van der Waals surface area contributed by atoms with E-state index in [1.807, 2.05) is 6.92 Å². The fourth-order valence-corrected chi connectivity index (χ4v) is 2.15. The number of rotatable bonds is 10. The molecule has 0 radical (unpaired) electrons. The Kier molecular flexibility index (Phi) is 9.85. The average molecular weight is 372 g/mol. The molecule has 26 heavy (non-hydrogen) atoms. The SMILES string of the molecule is CCC(C)C(NC(=O)C(C)N)C(=O)NC(C)C(=O)NC(C(=O)O)C(C)C. The zero-order valence-electron chi connectivity index (χ0n) is 16.3. The number of nitrogens with two attached hydrogens (primary N) is 1. The van der Waals surface area contributed by atoms with Gasteiger partial charge in [-0.25, -0.2) is 4.79 Å². The van der Waals surface area contributed by atoms with Crippen LogP contribution in [-0.4, -0.2) is 53.0 Å². The van der Waals surface area contributed by atoms with Gasteiger partial charge in [0.2, 0.25) is 17.7 Å². The van der Waals surface area contributed by atoms with E-state index in [9.17, 15) is 19.2 Å². The zero-order chi connectivity index (χ0) is 20.6. The first-order valence-corrected chi connectivity index (χ1v) is 8.81. The van der Waals surface area contributed by atoms with Crippen LogP contribution in [0.4, 0.5) is 0 Å². The lowest BCUT2D eigenvalue weighted by Gasteiger charge is -2.26. The van der Waals surface area contributed by atoms with Gasteiger partial charge >= 0.3 is 5.97 Å². The fraction of sp³-hybridized carbons (Fsp3) is 0.765.